The van der Waals surface area contributed by atoms with Crippen LogP contribution in [0.15, 0.2) is 4.52 Å². The Labute approximate surface area is 102 Å². The largest absolute Gasteiger partial charge is 0.376 e. The van der Waals surface area contributed by atoms with Gasteiger partial charge in [0.2, 0.25) is 5.89 Å². The molecular formula is C12H21N3O2. The van der Waals surface area contributed by atoms with E-state index < -0.39 is 0 Å². The zero-order valence-corrected chi connectivity index (χ0v) is 10.8. The van der Waals surface area contributed by atoms with Gasteiger partial charge < -0.3 is 9.26 Å². The maximum atomic E-state index is 5.53. The van der Waals surface area contributed by atoms with Crippen molar-refractivity contribution >= 4 is 0 Å². The van der Waals surface area contributed by atoms with E-state index in [1.54, 1.807) is 0 Å². The van der Waals surface area contributed by atoms with E-state index in [9.17, 15) is 0 Å². The molecule has 0 saturated carbocycles. The monoisotopic (exact) mass is 239 g/mol. The summed E-state index contributed by atoms with van der Waals surface area (Å²) in [6.07, 6.45) is 2.21. The molecule has 5 nitrogen and oxygen atoms in total. The van der Waals surface area contributed by atoms with Gasteiger partial charge in [-0.15, -0.1) is 0 Å². The van der Waals surface area contributed by atoms with Gasteiger partial charge in [0.1, 0.15) is 0 Å². The molecule has 2 heterocycles. The van der Waals surface area contributed by atoms with Gasteiger partial charge in [-0.25, -0.2) is 0 Å². The van der Waals surface area contributed by atoms with Gasteiger partial charge in [-0.2, -0.15) is 4.98 Å². The van der Waals surface area contributed by atoms with Crippen molar-refractivity contribution in [3.8, 4) is 0 Å². The lowest BCUT2D eigenvalue weighted by Crippen LogP contribution is -2.42. The number of ether oxygens (including phenoxy) is 1. The standard InChI is InChI=1S/C12H21N3O2/c1-4-5-11-13-12(17-14-11)10(3)15-6-7-16-9(2)8-15/h9-10H,4-8H2,1-3H3/t9-,10-/m1/s1. The van der Waals surface area contributed by atoms with Crippen LogP contribution >= 0.6 is 0 Å². The lowest BCUT2D eigenvalue weighted by Gasteiger charge is -2.33. The third-order valence-electron chi connectivity index (χ3n) is 3.14. The Morgan fingerprint density at radius 2 is 2.35 bits per heavy atom. The molecule has 1 fully saturated rings. The molecule has 17 heavy (non-hydrogen) atoms. The summed E-state index contributed by atoms with van der Waals surface area (Å²) >= 11 is 0. The Morgan fingerprint density at radius 3 is 3.06 bits per heavy atom. The van der Waals surface area contributed by atoms with Gasteiger partial charge in [0, 0.05) is 19.5 Å². The van der Waals surface area contributed by atoms with Crippen molar-refractivity contribution in [3.63, 3.8) is 0 Å². The van der Waals surface area contributed by atoms with Crippen LogP contribution in [0.4, 0.5) is 0 Å². The second kappa shape index (κ2) is 5.60. The van der Waals surface area contributed by atoms with E-state index in [0.717, 1.165) is 44.3 Å². The topological polar surface area (TPSA) is 51.4 Å². The van der Waals surface area contributed by atoms with E-state index in [1.165, 1.54) is 0 Å². The molecule has 0 aliphatic carbocycles. The first kappa shape index (κ1) is 12.5. The van der Waals surface area contributed by atoms with E-state index in [2.05, 4.69) is 35.8 Å². The Morgan fingerprint density at radius 1 is 1.53 bits per heavy atom. The average molecular weight is 239 g/mol. The molecule has 1 aliphatic heterocycles. The molecular weight excluding hydrogens is 218 g/mol. The Bertz CT molecular complexity index is 353. The molecule has 1 aromatic rings. The van der Waals surface area contributed by atoms with Crippen LogP contribution < -0.4 is 0 Å². The number of aryl methyl sites for hydroxylation is 1. The smallest absolute Gasteiger partial charge is 0.243 e. The summed E-state index contributed by atoms with van der Waals surface area (Å²) in [5.74, 6) is 1.54. The predicted molar refractivity (Wildman–Crippen MR) is 63.7 cm³/mol. The SMILES string of the molecule is CCCc1noc([C@@H](C)N2CCO[C@H](C)C2)n1. The first-order chi connectivity index (χ1) is 8.20. The van der Waals surface area contributed by atoms with Gasteiger partial charge in [-0.1, -0.05) is 12.1 Å². The van der Waals surface area contributed by atoms with Crippen LogP contribution in [0.3, 0.4) is 0 Å². The molecule has 5 heteroatoms. The van der Waals surface area contributed by atoms with Crippen molar-refractivity contribution in [2.45, 2.75) is 45.8 Å². The molecule has 1 saturated heterocycles. The van der Waals surface area contributed by atoms with E-state index in [0.29, 0.717) is 0 Å². The van der Waals surface area contributed by atoms with Crippen LogP contribution in [0, 0.1) is 0 Å². The highest BCUT2D eigenvalue weighted by Crippen LogP contribution is 2.21. The highest BCUT2D eigenvalue weighted by molar-refractivity contribution is 4.93. The molecule has 0 aromatic carbocycles. The third kappa shape index (κ3) is 3.04. The first-order valence-electron chi connectivity index (χ1n) is 6.38. The number of hydrogen-bond donors (Lipinski definition) is 0. The maximum Gasteiger partial charge on any atom is 0.243 e. The van der Waals surface area contributed by atoms with Crippen molar-refractivity contribution in [1.82, 2.24) is 15.0 Å². The van der Waals surface area contributed by atoms with Gasteiger partial charge in [-0.3, -0.25) is 4.90 Å². The van der Waals surface area contributed by atoms with Crippen LogP contribution in [0.2, 0.25) is 0 Å². The third-order valence-corrected chi connectivity index (χ3v) is 3.14. The highest BCUT2D eigenvalue weighted by atomic mass is 16.5. The maximum absolute atomic E-state index is 5.53. The zero-order valence-electron chi connectivity index (χ0n) is 10.8. The summed E-state index contributed by atoms with van der Waals surface area (Å²) in [7, 11) is 0. The molecule has 2 atom stereocenters. The summed E-state index contributed by atoms with van der Waals surface area (Å²) in [6, 6.07) is 0.180. The fraction of sp³-hybridized carbons (Fsp3) is 0.833. The van der Waals surface area contributed by atoms with Crippen molar-refractivity contribution in [3.05, 3.63) is 11.7 Å². The second-order valence-electron chi connectivity index (χ2n) is 4.65. The van der Waals surface area contributed by atoms with E-state index in [4.69, 9.17) is 9.26 Å². The molecule has 0 spiro atoms. The minimum Gasteiger partial charge on any atom is -0.376 e. The molecule has 0 amide bonds. The summed E-state index contributed by atoms with van der Waals surface area (Å²) in [5.41, 5.74) is 0. The van der Waals surface area contributed by atoms with Gasteiger partial charge in [0.25, 0.3) is 0 Å². The summed E-state index contributed by atoms with van der Waals surface area (Å²) in [4.78, 5) is 6.77. The summed E-state index contributed by atoms with van der Waals surface area (Å²) in [5, 5.41) is 4.00. The molecule has 0 unspecified atom stereocenters. The van der Waals surface area contributed by atoms with E-state index in [-0.39, 0.29) is 12.1 Å². The Balaban J connectivity index is 1.99. The van der Waals surface area contributed by atoms with Crippen molar-refractivity contribution in [2.24, 2.45) is 0 Å². The molecule has 1 aromatic heterocycles. The van der Waals surface area contributed by atoms with Crippen LogP contribution in [-0.2, 0) is 11.2 Å². The molecule has 96 valence electrons. The predicted octanol–water partition coefficient (Wildman–Crippen LogP) is 1.80. The van der Waals surface area contributed by atoms with Crippen molar-refractivity contribution in [2.75, 3.05) is 19.7 Å². The molecule has 0 bridgehead atoms. The van der Waals surface area contributed by atoms with Crippen LogP contribution in [-0.4, -0.2) is 40.8 Å². The Kier molecular flexibility index (Phi) is 4.12. The lowest BCUT2D eigenvalue weighted by molar-refractivity contribution is -0.0361. The minimum absolute atomic E-state index is 0.180. The quantitative estimate of drug-likeness (QED) is 0.802. The number of nitrogens with zero attached hydrogens (tertiary/aromatic N) is 3. The van der Waals surface area contributed by atoms with Gasteiger partial charge >= 0.3 is 0 Å². The minimum atomic E-state index is 0.180. The molecule has 0 radical (unpaired) electrons. The van der Waals surface area contributed by atoms with Crippen molar-refractivity contribution < 1.29 is 9.26 Å². The number of aromatic nitrogens is 2. The Hall–Kier alpha value is -0.940. The van der Waals surface area contributed by atoms with E-state index >= 15 is 0 Å². The molecule has 1 aliphatic rings. The summed E-state index contributed by atoms with van der Waals surface area (Å²) < 4.78 is 10.9. The lowest BCUT2D eigenvalue weighted by atomic mass is 10.2. The summed E-state index contributed by atoms with van der Waals surface area (Å²) in [6.45, 7) is 8.95. The van der Waals surface area contributed by atoms with Gasteiger partial charge in [0.15, 0.2) is 5.82 Å². The molecule has 2 rings (SSSR count). The van der Waals surface area contributed by atoms with Crippen molar-refractivity contribution in [1.29, 1.82) is 0 Å². The van der Waals surface area contributed by atoms with Crippen LogP contribution in [0.1, 0.15) is 44.9 Å². The van der Waals surface area contributed by atoms with Crippen LogP contribution in [0.5, 0.6) is 0 Å². The number of hydrogen-bond acceptors (Lipinski definition) is 5. The van der Waals surface area contributed by atoms with Gasteiger partial charge in [-0.05, 0) is 20.3 Å². The fourth-order valence-corrected chi connectivity index (χ4v) is 2.12. The van der Waals surface area contributed by atoms with E-state index in [1.807, 2.05) is 0 Å². The average Bonchev–Trinajstić information content (AvgIpc) is 2.77. The van der Waals surface area contributed by atoms with Crippen LogP contribution in [0.25, 0.3) is 0 Å². The highest BCUT2D eigenvalue weighted by Gasteiger charge is 2.25. The zero-order chi connectivity index (χ0) is 12.3. The normalized spacial score (nSPS) is 23.8. The fourth-order valence-electron chi connectivity index (χ4n) is 2.12. The number of rotatable bonds is 4. The molecule has 0 N–H and O–H groups in total. The second-order valence-corrected chi connectivity index (χ2v) is 4.65. The first-order valence-corrected chi connectivity index (χ1v) is 6.38. The van der Waals surface area contributed by atoms with Gasteiger partial charge in [0.05, 0.1) is 18.8 Å². The number of morpholine rings is 1.